The lowest BCUT2D eigenvalue weighted by molar-refractivity contribution is 0.0502. The molecule has 5 rings (SSSR count). The van der Waals surface area contributed by atoms with E-state index in [1.165, 1.54) is 16.8 Å². The Labute approximate surface area is 258 Å². The zero-order valence-electron chi connectivity index (χ0n) is 24.9. The molecule has 0 saturated heterocycles. The highest BCUT2D eigenvalue weighted by Gasteiger charge is 2.28. The largest absolute Gasteiger partial charge is 0.444 e. The standard InChI is InChI=1S/C30H31ClF2N6O4S/c1-30(2,3)43-29(40)35-23(13-16-11-17(32)14-18(33)12-16)26-20(15-24-22(34-26)9-10-38(24)4)19-7-8-21(31)25-27(19)39(5)36-28(25)37-44(6,41)42/h7-12,14-15,23H,13H2,1-6H3,(H,35,40)(H,36,37)/t23-/m1/s1. The molecule has 1 amide bonds. The van der Waals surface area contributed by atoms with Crippen molar-refractivity contribution < 1.29 is 26.7 Å². The minimum absolute atomic E-state index is 0.0325. The summed E-state index contributed by atoms with van der Waals surface area (Å²) in [5.74, 6) is -1.48. The number of pyridine rings is 1. The number of ether oxygens (including phenoxy) is 1. The lowest BCUT2D eigenvalue weighted by atomic mass is 9.94. The number of hydrogen-bond acceptors (Lipinski definition) is 6. The Balaban J connectivity index is 1.77. The summed E-state index contributed by atoms with van der Waals surface area (Å²) in [5.41, 5.74) is 2.83. The molecule has 44 heavy (non-hydrogen) atoms. The molecule has 0 aliphatic heterocycles. The number of sulfonamides is 1. The van der Waals surface area contributed by atoms with Gasteiger partial charge in [0.25, 0.3) is 0 Å². The van der Waals surface area contributed by atoms with Gasteiger partial charge in [-0.2, -0.15) is 5.10 Å². The highest BCUT2D eigenvalue weighted by molar-refractivity contribution is 7.92. The van der Waals surface area contributed by atoms with Gasteiger partial charge in [0.15, 0.2) is 5.82 Å². The number of hydrogen-bond donors (Lipinski definition) is 2. The van der Waals surface area contributed by atoms with Crippen LogP contribution < -0.4 is 10.0 Å². The molecule has 0 fully saturated rings. The predicted molar refractivity (Wildman–Crippen MR) is 166 cm³/mol. The molecule has 14 heteroatoms. The maximum atomic E-state index is 14.3. The second kappa shape index (κ2) is 11.4. The third-order valence-electron chi connectivity index (χ3n) is 6.79. The number of fused-ring (bicyclic) bond motifs is 2. The van der Waals surface area contributed by atoms with Crippen LogP contribution in [0.3, 0.4) is 0 Å². The first-order valence-electron chi connectivity index (χ1n) is 13.5. The van der Waals surface area contributed by atoms with Gasteiger partial charge in [-0.3, -0.25) is 9.40 Å². The number of halogens is 3. The normalized spacial score (nSPS) is 12.9. The number of alkyl carbamates (subject to hydrolysis) is 1. The van der Waals surface area contributed by atoms with E-state index < -0.39 is 39.4 Å². The van der Waals surface area contributed by atoms with Crippen molar-refractivity contribution in [2.24, 2.45) is 14.1 Å². The maximum absolute atomic E-state index is 14.3. The van der Waals surface area contributed by atoms with Gasteiger partial charge in [0, 0.05) is 37.5 Å². The molecule has 1 atom stereocenters. The number of anilines is 1. The molecule has 0 radical (unpaired) electrons. The zero-order chi connectivity index (χ0) is 32.1. The number of benzene rings is 2. The molecule has 2 aromatic carbocycles. The fourth-order valence-electron chi connectivity index (χ4n) is 5.15. The number of aromatic nitrogens is 4. The van der Waals surface area contributed by atoms with E-state index in [0.29, 0.717) is 33.2 Å². The molecule has 2 N–H and O–H groups in total. The molecule has 3 aromatic heterocycles. The Morgan fingerprint density at radius 2 is 1.75 bits per heavy atom. The van der Waals surface area contributed by atoms with Crippen LogP contribution in [0.15, 0.2) is 48.7 Å². The van der Waals surface area contributed by atoms with Crippen LogP contribution in [0, 0.1) is 11.6 Å². The summed E-state index contributed by atoms with van der Waals surface area (Å²) in [4.78, 5) is 18.1. The number of amides is 1. The highest BCUT2D eigenvalue weighted by Crippen LogP contribution is 2.41. The van der Waals surface area contributed by atoms with Crippen LogP contribution in [0.25, 0.3) is 33.1 Å². The van der Waals surface area contributed by atoms with Crippen LogP contribution in [0.2, 0.25) is 5.02 Å². The lowest BCUT2D eigenvalue weighted by Gasteiger charge is -2.25. The van der Waals surface area contributed by atoms with Crippen molar-refractivity contribution in [3.63, 3.8) is 0 Å². The van der Waals surface area contributed by atoms with Crippen LogP contribution in [0.1, 0.15) is 38.1 Å². The zero-order valence-corrected chi connectivity index (χ0v) is 26.4. The van der Waals surface area contributed by atoms with Crippen molar-refractivity contribution in [1.29, 1.82) is 0 Å². The second-order valence-corrected chi connectivity index (χ2v) is 13.8. The first-order valence-corrected chi connectivity index (χ1v) is 15.8. The molecule has 0 spiro atoms. The van der Waals surface area contributed by atoms with Gasteiger partial charge in [-0.25, -0.2) is 27.0 Å². The molecule has 0 saturated carbocycles. The van der Waals surface area contributed by atoms with E-state index >= 15 is 0 Å². The molecule has 232 valence electrons. The van der Waals surface area contributed by atoms with Crippen LogP contribution in [-0.2, 0) is 35.3 Å². The second-order valence-electron chi connectivity index (χ2n) is 11.6. The summed E-state index contributed by atoms with van der Waals surface area (Å²) < 4.78 is 64.1. The van der Waals surface area contributed by atoms with E-state index in [0.717, 1.165) is 17.8 Å². The van der Waals surface area contributed by atoms with Crippen LogP contribution in [0.5, 0.6) is 0 Å². The first-order chi connectivity index (χ1) is 20.5. The minimum atomic E-state index is -3.69. The molecule has 0 aliphatic carbocycles. The summed E-state index contributed by atoms with van der Waals surface area (Å²) in [6.07, 6.45) is 2.06. The van der Waals surface area contributed by atoms with Gasteiger partial charge in [-0.05, 0) is 63.1 Å². The minimum Gasteiger partial charge on any atom is -0.444 e. The monoisotopic (exact) mass is 644 g/mol. The fraction of sp³-hybridized carbons (Fsp3) is 0.300. The Bertz CT molecular complexity index is 2010. The molecule has 10 nitrogen and oxygen atoms in total. The van der Waals surface area contributed by atoms with E-state index in [2.05, 4.69) is 15.1 Å². The number of nitrogens with one attached hydrogen (secondary N) is 2. The van der Waals surface area contributed by atoms with Crippen molar-refractivity contribution in [2.45, 2.75) is 38.8 Å². The van der Waals surface area contributed by atoms with Gasteiger partial charge < -0.3 is 14.6 Å². The van der Waals surface area contributed by atoms with Gasteiger partial charge in [-0.1, -0.05) is 17.7 Å². The fourth-order valence-corrected chi connectivity index (χ4v) is 5.89. The summed E-state index contributed by atoms with van der Waals surface area (Å²) >= 11 is 6.58. The molecule has 3 heterocycles. The smallest absolute Gasteiger partial charge is 0.408 e. The number of aryl methyl sites for hydroxylation is 2. The van der Waals surface area contributed by atoms with Gasteiger partial charge in [0.1, 0.15) is 17.2 Å². The van der Waals surface area contributed by atoms with Crippen molar-refractivity contribution >= 4 is 55.5 Å². The molecular formula is C30H31ClF2N6O4S. The van der Waals surface area contributed by atoms with Crippen LogP contribution in [-0.4, -0.2) is 45.7 Å². The lowest BCUT2D eigenvalue weighted by Crippen LogP contribution is -2.36. The SMILES string of the molecule is Cn1ccc2nc([C@@H](Cc3cc(F)cc(F)c3)NC(=O)OC(C)(C)C)c(-c3ccc(Cl)c4c(NS(C)(=O)=O)nn(C)c34)cc21. The van der Waals surface area contributed by atoms with Crippen molar-refractivity contribution in [3.05, 3.63) is 76.6 Å². The van der Waals surface area contributed by atoms with Gasteiger partial charge in [0.05, 0.1) is 45.0 Å². The van der Waals surface area contributed by atoms with Crippen LogP contribution >= 0.6 is 11.6 Å². The molecule has 0 bridgehead atoms. The average molecular weight is 645 g/mol. The Hall–Kier alpha value is -4.23. The van der Waals surface area contributed by atoms with Gasteiger partial charge >= 0.3 is 6.09 Å². The number of carbonyl (C=O) groups excluding carboxylic acids is 1. The van der Waals surface area contributed by atoms with Gasteiger partial charge in [-0.15, -0.1) is 0 Å². The number of rotatable bonds is 7. The van der Waals surface area contributed by atoms with Crippen molar-refractivity contribution in [3.8, 4) is 11.1 Å². The third kappa shape index (κ3) is 6.63. The highest BCUT2D eigenvalue weighted by atomic mass is 35.5. The summed E-state index contributed by atoms with van der Waals surface area (Å²) in [6, 6.07) is 9.30. The Morgan fingerprint density at radius 1 is 1.07 bits per heavy atom. The molecule has 5 aromatic rings. The summed E-state index contributed by atoms with van der Waals surface area (Å²) in [5, 5.41) is 7.86. The Kier molecular flexibility index (Phi) is 8.06. The third-order valence-corrected chi connectivity index (χ3v) is 7.67. The van der Waals surface area contributed by atoms with E-state index in [-0.39, 0.29) is 22.8 Å². The van der Waals surface area contributed by atoms with E-state index in [1.54, 1.807) is 40.0 Å². The predicted octanol–water partition coefficient (Wildman–Crippen LogP) is 6.24. The number of nitrogens with zero attached hydrogens (tertiary/aromatic N) is 4. The van der Waals surface area contributed by atoms with Crippen LogP contribution in [0.4, 0.5) is 19.4 Å². The average Bonchev–Trinajstić information content (AvgIpc) is 3.40. The van der Waals surface area contributed by atoms with E-state index in [1.807, 2.05) is 29.9 Å². The van der Waals surface area contributed by atoms with Crippen molar-refractivity contribution in [1.82, 2.24) is 24.6 Å². The maximum Gasteiger partial charge on any atom is 0.408 e. The summed E-state index contributed by atoms with van der Waals surface area (Å²) in [7, 11) is -0.186. The van der Waals surface area contributed by atoms with Gasteiger partial charge in [0.2, 0.25) is 10.0 Å². The molecule has 0 unspecified atom stereocenters. The van der Waals surface area contributed by atoms with Crippen molar-refractivity contribution in [2.75, 3.05) is 11.0 Å². The topological polar surface area (TPSA) is 120 Å². The molecular weight excluding hydrogens is 614 g/mol. The number of carbonyl (C=O) groups is 1. The molecule has 0 aliphatic rings. The quantitative estimate of drug-likeness (QED) is 0.217. The first kappa shape index (κ1) is 31.2. The van der Waals surface area contributed by atoms with E-state index in [9.17, 15) is 22.0 Å². The summed E-state index contributed by atoms with van der Waals surface area (Å²) in [6.45, 7) is 5.16. The Morgan fingerprint density at radius 3 is 2.39 bits per heavy atom. The van der Waals surface area contributed by atoms with E-state index in [4.69, 9.17) is 21.3 Å².